The van der Waals surface area contributed by atoms with Gasteiger partial charge < -0.3 is 9.64 Å². The van der Waals surface area contributed by atoms with Gasteiger partial charge in [-0.15, -0.1) is 0 Å². The van der Waals surface area contributed by atoms with Crippen LogP contribution in [0.2, 0.25) is 0 Å². The Kier molecular flexibility index (Phi) is 4.60. The summed E-state index contributed by atoms with van der Waals surface area (Å²) in [6, 6.07) is 5.34. The quantitative estimate of drug-likeness (QED) is 0.818. The highest BCUT2D eigenvalue weighted by Gasteiger charge is 2.33. The Bertz CT molecular complexity index is 938. The van der Waals surface area contributed by atoms with Crippen molar-refractivity contribution in [1.29, 1.82) is 0 Å². The van der Waals surface area contributed by atoms with Gasteiger partial charge in [0.1, 0.15) is 0 Å². The molecule has 1 atom stereocenters. The van der Waals surface area contributed by atoms with Gasteiger partial charge in [0.2, 0.25) is 15.9 Å². The van der Waals surface area contributed by atoms with Gasteiger partial charge >= 0.3 is 0 Å². The number of aryl methyl sites for hydroxylation is 1. The van der Waals surface area contributed by atoms with Crippen molar-refractivity contribution in [2.75, 3.05) is 25.1 Å². The number of ether oxygens (including phenoxy) is 1. The molecule has 1 aromatic carbocycles. The van der Waals surface area contributed by atoms with Crippen LogP contribution in [-0.4, -0.2) is 34.5 Å². The molecule has 0 fully saturated rings. The number of benzene rings is 1. The molecule has 0 unspecified atom stereocenters. The minimum absolute atomic E-state index is 0.128. The van der Waals surface area contributed by atoms with E-state index in [1.807, 2.05) is 16.8 Å². The number of hydrogen-bond acceptors (Lipinski definition) is 5. The Morgan fingerprint density at radius 1 is 1.27 bits per heavy atom. The van der Waals surface area contributed by atoms with Crippen molar-refractivity contribution < 1.29 is 17.9 Å². The number of carbonyl (C=O) groups excluding carboxylic acids is 1. The lowest BCUT2D eigenvalue weighted by molar-refractivity contribution is -0.118. The average Bonchev–Trinajstić information content (AvgIpc) is 3.29. The van der Waals surface area contributed by atoms with E-state index in [-0.39, 0.29) is 23.5 Å². The van der Waals surface area contributed by atoms with Crippen LogP contribution in [-0.2, 0) is 32.4 Å². The molecule has 3 heterocycles. The predicted molar refractivity (Wildman–Crippen MR) is 100 cm³/mol. The third kappa shape index (κ3) is 3.07. The number of nitrogens with one attached hydrogen (secondary N) is 1. The van der Waals surface area contributed by atoms with Crippen molar-refractivity contribution in [2.24, 2.45) is 0 Å². The van der Waals surface area contributed by atoms with Crippen molar-refractivity contribution in [1.82, 2.24) is 4.72 Å². The molecule has 0 radical (unpaired) electrons. The van der Waals surface area contributed by atoms with E-state index in [9.17, 15) is 13.2 Å². The molecule has 0 saturated carbocycles. The lowest BCUT2D eigenvalue weighted by Crippen LogP contribution is -2.33. The summed E-state index contributed by atoms with van der Waals surface area (Å²) in [5, 5.41) is 3.89. The van der Waals surface area contributed by atoms with Crippen LogP contribution in [0.3, 0.4) is 0 Å². The highest BCUT2D eigenvalue weighted by atomic mass is 32.2. The fourth-order valence-corrected chi connectivity index (χ4v) is 5.48. The van der Waals surface area contributed by atoms with E-state index < -0.39 is 10.0 Å². The van der Waals surface area contributed by atoms with Gasteiger partial charge in [-0.1, -0.05) is 0 Å². The first-order valence-corrected chi connectivity index (χ1v) is 10.9. The first-order valence-electron chi connectivity index (χ1n) is 8.50. The topological polar surface area (TPSA) is 75.7 Å². The molecule has 0 spiro atoms. The van der Waals surface area contributed by atoms with Crippen molar-refractivity contribution in [2.45, 2.75) is 30.3 Å². The zero-order valence-corrected chi connectivity index (χ0v) is 16.0. The highest BCUT2D eigenvalue weighted by Crippen LogP contribution is 2.38. The Morgan fingerprint density at radius 3 is 2.73 bits per heavy atom. The number of nitrogens with zero attached hydrogens (tertiary/aromatic N) is 1. The maximum Gasteiger partial charge on any atom is 0.240 e. The Balaban J connectivity index is 1.58. The Hall–Kier alpha value is -1.74. The summed E-state index contributed by atoms with van der Waals surface area (Å²) in [5.41, 5.74) is 3.77. The first-order chi connectivity index (χ1) is 12.5. The fourth-order valence-electron chi connectivity index (χ4n) is 3.65. The molecule has 26 heavy (non-hydrogen) atoms. The Morgan fingerprint density at radius 2 is 2.04 bits per heavy atom. The summed E-state index contributed by atoms with van der Waals surface area (Å²) in [7, 11) is -2.08. The molecule has 8 heteroatoms. The van der Waals surface area contributed by atoms with Crippen LogP contribution >= 0.6 is 11.3 Å². The molecule has 0 bridgehead atoms. The van der Waals surface area contributed by atoms with Gasteiger partial charge in [0.15, 0.2) is 0 Å². The largest absolute Gasteiger partial charge is 0.375 e. The summed E-state index contributed by atoms with van der Waals surface area (Å²) in [6.07, 6.45) is 1.41. The second kappa shape index (κ2) is 6.77. The smallest absolute Gasteiger partial charge is 0.240 e. The molecule has 6 nitrogen and oxygen atoms in total. The van der Waals surface area contributed by atoms with Crippen LogP contribution in [0.25, 0.3) is 0 Å². The molecule has 1 N–H and O–H groups in total. The number of methoxy groups -OCH3 is 1. The summed E-state index contributed by atoms with van der Waals surface area (Å²) in [4.78, 5) is 14.1. The normalized spacial score (nSPS) is 17.4. The molecule has 4 rings (SSSR count). The number of thiophene rings is 1. The van der Waals surface area contributed by atoms with Crippen LogP contribution in [0, 0.1) is 0 Å². The minimum Gasteiger partial charge on any atom is -0.375 e. The van der Waals surface area contributed by atoms with Crippen LogP contribution < -0.4 is 9.62 Å². The van der Waals surface area contributed by atoms with Gasteiger partial charge in [-0.25, -0.2) is 13.1 Å². The van der Waals surface area contributed by atoms with Gasteiger partial charge in [-0.05, 0) is 58.5 Å². The Labute approximate surface area is 156 Å². The summed E-state index contributed by atoms with van der Waals surface area (Å²) >= 11 is 1.55. The summed E-state index contributed by atoms with van der Waals surface area (Å²) in [6.45, 7) is 0.814. The standard InChI is InChI=1S/C18H20N2O4S2/c1-24-16(14-5-7-25-11-14)10-19-26(22,23)15-8-12-2-3-17(21)20-6-4-13(9-15)18(12)20/h5,7-9,11,16,19H,2-4,6,10H2,1H3/t16-/m1/s1. The van der Waals surface area contributed by atoms with Crippen molar-refractivity contribution >= 4 is 33.0 Å². The van der Waals surface area contributed by atoms with Gasteiger partial charge in [-0.2, -0.15) is 11.3 Å². The third-order valence-electron chi connectivity index (χ3n) is 4.99. The number of sulfonamides is 1. The third-order valence-corrected chi connectivity index (χ3v) is 7.10. The van der Waals surface area contributed by atoms with E-state index in [4.69, 9.17) is 4.74 Å². The molecule has 138 valence electrons. The predicted octanol–water partition coefficient (Wildman–Crippen LogP) is 2.25. The van der Waals surface area contributed by atoms with E-state index in [1.54, 1.807) is 35.5 Å². The van der Waals surface area contributed by atoms with Gasteiger partial charge in [0, 0.05) is 26.6 Å². The molecule has 2 aliphatic rings. The van der Waals surface area contributed by atoms with E-state index in [1.165, 1.54) is 0 Å². The molecule has 2 aromatic rings. The van der Waals surface area contributed by atoms with Crippen LogP contribution in [0.1, 0.15) is 29.2 Å². The van der Waals surface area contributed by atoms with Crippen molar-refractivity contribution in [3.8, 4) is 0 Å². The van der Waals surface area contributed by atoms with Crippen molar-refractivity contribution in [3.05, 3.63) is 45.6 Å². The second-order valence-corrected chi connectivity index (χ2v) is 9.07. The molecule has 1 aromatic heterocycles. The van der Waals surface area contributed by atoms with Gasteiger partial charge in [0.25, 0.3) is 0 Å². The van der Waals surface area contributed by atoms with Gasteiger partial charge in [-0.3, -0.25) is 4.79 Å². The lowest BCUT2D eigenvalue weighted by atomic mass is 10.00. The molecular weight excluding hydrogens is 372 g/mol. The number of hydrogen-bond donors (Lipinski definition) is 1. The van der Waals surface area contributed by atoms with E-state index >= 15 is 0 Å². The summed E-state index contributed by atoms with van der Waals surface area (Å²) in [5.74, 6) is 0.128. The zero-order valence-electron chi connectivity index (χ0n) is 14.4. The molecule has 0 aliphatic carbocycles. The number of amides is 1. The maximum absolute atomic E-state index is 12.8. The van der Waals surface area contributed by atoms with Crippen LogP contribution in [0.5, 0.6) is 0 Å². The highest BCUT2D eigenvalue weighted by molar-refractivity contribution is 7.89. The van der Waals surface area contributed by atoms with Crippen LogP contribution in [0.4, 0.5) is 5.69 Å². The van der Waals surface area contributed by atoms with E-state index in [0.717, 1.165) is 22.4 Å². The fraction of sp³-hybridized carbons (Fsp3) is 0.389. The maximum atomic E-state index is 12.8. The number of rotatable bonds is 6. The zero-order chi connectivity index (χ0) is 18.3. The van der Waals surface area contributed by atoms with Crippen LogP contribution in [0.15, 0.2) is 33.9 Å². The first kappa shape index (κ1) is 17.7. The average molecular weight is 393 g/mol. The SMILES string of the molecule is CO[C@H](CNS(=O)(=O)c1cc2c3c(c1)CCN3C(=O)CC2)c1ccsc1. The number of carbonyl (C=O) groups is 1. The van der Waals surface area contributed by atoms with Gasteiger partial charge in [0.05, 0.1) is 16.7 Å². The number of anilines is 1. The monoisotopic (exact) mass is 392 g/mol. The minimum atomic E-state index is -3.65. The van der Waals surface area contributed by atoms with E-state index in [2.05, 4.69) is 4.72 Å². The summed E-state index contributed by atoms with van der Waals surface area (Å²) < 4.78 is 33.7. The molecule has 1 amide bonds. The molecular formula is C18H20N2O4S2. The molecule has 0 saturated heterocycles. The van der Waals surface area contributed by atoms with E-state index in [0.29, 0.717) is 25.8 Å². The lowest BCUT2D eigenvalue weighted by Gasteiger charge is -2.25. The molecule has 2 aliphatic heterocycles. The van der Waals surface area contributed by atoms with Crippen molar-refractivity contribution in [3.63, 3.8) is 0 Å². The second-order valence-electron chi connectivity index (χ2n) is 6.52.